The second-order valence-electron chi connectivity index (χ2n) is 8.60. The molecule has 0 saturated heterocycles. The molecule has 1 amide bonds. The number of carbonyl (C=O) groups excluding carboxylic acids is 1. The van der Waals surface area contributed by atoms with Crippen molar-refractivity contribution in [2.45, 2.75) is 6.42 Å². The van der Waals surface area contributed by atoms with Crippen LogP contribution in [0.15, 0.2) is 97.1 Å². The van der Waals surface area contributed by atoms with Crippen LogP contribution in [0.1, 0.15) is 15.9 Å². The lowest BCUT2D eigenvalue weighted by Gasteiger charge is -2.09. The van der Waals surface area contributed by atoms with Crippen molar-refractivity contribution in [3.05, 3.63) is 120 Å². The Labute approximate surface area is 223 Å². The van der Waals surface area contributed by atoms with E-state index in [1.807, 2.05) is 24.3 Å². The third-order valence-corrected chi connectivity index (χ3v) is 5.91. The first-order valence-electron chi connectivity index (χ1n) is 12.1. The third kappa shape index (κ3) is 6.27. The molecule has 0 fully saturated rings. The summed E-state index contributed by atoms with van der Waals surface area (Å²) in [5.74, 6) is -0.113. The minimum Gasteiger partial charge on any atom is -0.497 e. The van der Waals surface area contributed by atoms with Gasteiger partial charge in [-0.2, -0.15) is 4.98 Å². The second-order valence-corrected chi connectivity index (χ2v) is 8.60. The lowest BCUT2D eigenvalue weighted by atomic mass is 10.1. The Morgan fingerprint density at radius 1 is 0.897 bits per heavy atom. The van der Waals surface area contributed by atoms with E-state index in [2.05, 4.69) is 15.4 Å². The van der Waals surface area contributed by atoms with Gasteiger partial charge in [-0.05, 0) is 78.4 Å². The summed E-state index contributed by atoms with van der Waals surface area (Å²) in [5.41, 5.74) is 2.95. The number of halogens is 2. The molecule has 1 heterocycles. The Balaban J connectivity index is 1.39. The van der Waals surface area contributed by atoms with Crippen LogP contribution in [0.25, 0.3) is 17.1 Å². The van der Waals surface area contributed by atoms with Crippen LogP contribution >= 0.6 is 0 Å². The molecule has 4 aromatic carbocycles. The van der Waals surface area contributed by atoms with Gasteiger partial charge in [0.2, 0.25) is 0 Å². The normalized spacial score (nSPS) is 10.7. The highest BCUT2D eigenvalue weighted by molar-refractivity contribution is 6.04. The van der Waals surface area contributed by atoms with Crippen molar-refractivity contribution in [1.82, 2.24) is 14.8 Å². The van der Waals surface area contributed by atoms with Crippen LogP contribution in [0.2, 0.25) is 0 Å². The van der Waals surface area contributed by atoms with Crippen molar-refractivity contribution >= 4 is 11.6 Å². The standard InChI is InChI=1S/C30H24F2N4O3/c1-38-27-14-8-20(9-15-27)16-17-39-30-34-28(21-10-12-23(31)13-11-21)36(35-30)26-7-3-6-25(19-26)33-29(37)22-4-2-5-24(32)18-22/h2-15,18-19H,16-17H2,1H3,(H,33,37). The molecule has 0 spiro atoms. The number of aromatic nitrogens is 3. The zero-order valence-corrected chi connectivity index (χ0v) is 21.0. The van der Waals surface area contributed by atoms with E-state index < -0.39 is 11.7 Å². The van der Waals surface area contributed by atoms with Gasteiger partial charge in [-0.25, -0.2) is 13.5 Å². The maximum atomic E-state index is 13.6. The van der Waals surface area contributed by atoms with Crippen molar-refractivity contribution in [3.8, 4) is 28.8 Å². The summed E-state index contributed by atoms with van der Waals surface area (Å²) in [6.07, 6.45) is 0.631. The topological polar surface area (TPSA) is 78.3 Å². The molecule has 0 aliphatic heterocycles. The van der Waals surface area contributed by atoms with Crippen LogP contribution in [0, 0.1) is 11.6 Å². The number of rotatable bonds is 9. The van der Waals surface area contributed by atoms with Crippen molar-refractivity contribution in [2.24, 2.45) is 0 Å². The van der Waals surface area contributed by atoms with E-state index in [1.54, 1.807) is 48.2 Å². The summed E-state index contributed by atoms with van der Waals surface area (Å²) >= 11 is 0. The van der Waals surface area contributed by atoms with Crippen molar-refractivity contribution in [1.29, 1.82) is 0 Å². The lowest BCUT2D eigenvalue weighted by molar-refractivity contribution is 0.102. The summed E-state index contributed by atoms with van der Waals surface area (Å²) in [6, 6.07) is 26.1. The van der Waals surface area contributed by atoms with Gasteiger partial charge in [0.15, 0.2) is 5.82 Å². The first-order chi connectivity index (χ1) is 19.0. The van der Waals surface area contributed by atoms with Crippen LogP contribution in [0.3, 0.4) is 0 Å². The zero-order chi connectivity index (χ0) is 27.2. The Hall–Kier alpha value is -5.05. The van der Waals surface area contributed by atoms with Gasteiger partial charge in [0.05, 0.1) is 19.4 Å². The lowest BCUT2D eigenvalue weighted by Crippen LogP contribution is -2.12. The number of methoxy groups -OCH3 is 1. The summed E-state index contributed by atoms with van der Waals surface area (Å²) in [7, 11) is 1.62. The third-order valence-electron chi connectivity index (χ3n) is 5.91. The van der Waals surface area contributed by atoms with Gasteiger partial charge >= 0.3 is 6.01 Å². The fourth-order valence-electron chi connectivity index (χ4n) is 3.92. The van der Waals surface area contributed by atoms with E-state index in [4.69, 9.17) is 9.47 Å². The molecule has 1 N–H and O–H groups in total. The van der Waals surface area contributed by atoms with Crippen LogP contribution in [-0.4, -0.2) is 34.4 Å². The molecule has 9 heteroatoms. The highest BCUT2D eigenvalue weighted by atomic mass is 19.1. The van der Waals surface area contributed by atoms with Crippen LogP contribution in [-0.2, 0) is 6.42 Å². The van der Waals surface area contributed by atoms with Crippen LogP contribution < -0.4 is 14.8 Å². The maximum Gasteiger partial charge on any atom is 0.336 e. The summed E-state index contributed by atoms with van der Waals surface area (Å²) in [4.78, 5) is 17.2. The van der Waals surface area contributed by atoms with Crippen molar-refractivity contribution < 1.29 is 23.0 Å². The molecule has 7 nitrogen and oxygen atoms in total. The molecule has 5 aromatic rings. The first-order valence-corrected chi connectivity index (χ1v) is 12.1. The highest BCUT2D eigenvalue weighted by Crippen LogP contribution is 2.26. The van der Waals surface area contributed by atoms with E-state index in [1.165, 1.54) is 36.4 Å². The molecule has 0 aliphatic rings. The Bertz CT molecular complexity index is 1590. The van der Waals surface area contributed by atoms with Gasteiger partial charge in [0, 0.05) is 23.2 Å². The molecule has 39 heavy (non-hydrogen) atoms. The fourth-order valence-corrected chi connectivity index (χ4v) is 3.92. The number of hydrogen-bond acceptors (Lipinski definition) is 5. The molecule has 0 atom stereocenters. The van der Waals surface area contributed by atoms with Crippen LogP contribution in [0.4, 0.5) is 14.5 Å². The number of amides is 1. The molecule has 1 aromatic heterocycles. The first kappa shape index (κ1) is 25.6. The Kier molecular flexibility index (Phi) is 7.58. The van der Waals surface area contributed by atoms with E-state index >= 15 is 0 Å². The predicted octanol–water partition coefficient (Wildman–Crippen LogP) is 6.09. The molecule has 0 saturated carbocycles. The molecular formula is C30H24F2N4O3. The number of anilines is 1. The SMILES string of the molecule is COc1ccc(CCOc2nc(-c3ccc(F)cc3)n(-c3cccc(NC(=O)c4cccc(F)c4)c3)n2)cc1. The van der Waals surface area contributed by atoms with Gasteiger partial charge in [-0.15, -0.1) is 5.10 Å². The van der Waals surface area contributed by atoms with E-state index in [0.717, 1.165) is 11.3 Å². The van der Waals surface area contributed by atoms with Crippen LogP contribution in [0.5, 0.6) is 11.8 Å². The van der Waals surface area contributed by atoms with Gasteiger partial charge in [-0.1, -0.05) is 24.3 Å². The number of nitrogens with zero attached hydrogens (tertiary/aromatic N) is 3. The molecular weight excluding hydrogens is 502 g/mol. The maximum absolute atomic E-state index is 13.6. The average molecular weight is 527 g/mol. The molecule has 0 unspecified atom stereocenters. The number of ether oxygens (including phenoxy) is 2. The Morgan fingerprint density at radius 2 is 1.67 bits per heavy atom. The number of carbonyl (C=O) groups is 1. The average Bonchev–Trinajstić information content (AvgIpc) is 3.38. The smallest absolute Gasteiger partial charge is 0.336 e. The largest absolute Gasteiger partial charge is 0.497 e. The summed E-state index contributed by atoms with van der Waals surface area (Å²) in [5, 5.41) is 7.31. The number of benzene rings is 4. The fraction of sp³-hybridized carbons (Fsp3) is 0.100. The summed E-state index contributed by atoms with van der Waals surface area (Å²) < 4.78 is 39.8. The van der Waals surface area contributed by atoms with E-state index in [9.17, 15) is 13.6 Å². The molecule has 0 bridgehead atoms. The second kappa shape index (κ2) is 11.6. The minimum atomic E-state index is -0.498. The molecule has 5 rings (SSSR count). The quantitative estimate of drug-likeness (QED) is 0.251. The van der Waals surface area contributed by atoms with Crippen molar-refractivity contribution in [2.75, 3.05) is 19.0 Å². The van der Waals surface area contributed by atoms with Gasteiger partial charge in [0.25, 0.3) is 5.91 Å². The minimum absolute atomic E-state index is 0.150. The predicted molar refractivity (Wildman–Crippen MR) is 143 cm³/mol. The Morgan fingerprint density at radius 3 is 2.41 bits per heavy atom. The zero-order valence-electron chi connectivity index (χ0n) is 21.0. The highest BCUT2D eigenvalue weighted by Gasteiger charge is 2.16. The van der Waals surface area contributed by atoms with Gasteiger partial charge in [0.1, 0.15) is 17.4 Å². The van der Waals surface area contributed by atoms with Crippen molar-refractivity contribution in [3.63, 3.8) is 0 Å². The molecule has 0 radical (unpaired) electrons. The number of nitrogens with one attached hydrogen (secondary N) is 1. The molecule has 0 aliphatic carbocycles. The molecule has 196 valence electrons. The van der Waals surface area contributed by atoms with Gasteiger partial charge < -0.3 is 14.8 Å². The summed E-state index contributed by atoms with van der Waals surface area (Å²) in [6.45, 7) is 0.336. The number of hydrogen-bond donors (Lipinski definition) is 1. The van der Waals surface area contributed by atoms with E-state index in [0.29, 0.717) is 35.8 Å². The monoisotopic (exact) mass is 526 g/mol. The van der Waals surface area contributed by atoms with E-state index in [-0.39, 0.29) is 17.4 Å². The van der Waals surface area contributed by atoms with Gasteiger partial charge in [-0.3, -0.25) is 4.79 Å².